The van der Waals surface area contributed by atoms with E-state index in [2.05, 4.69) is 61.6 Å². The zero-order chi connectivity index (χ0) is 14.9. The maximum Gasteiger partial charge on any atom is 0.0205 e. The van der Waals surface area contributed by atoms with Gasteiger partial charge in [0.1, 0.15) is 0 Å². The Labute approximate surface area is 129 Å². The summed E-state index contributed by atoms with van der Waals surface area (Å²) in [5, 5.41) is 6.23. The van der Waals surface area contributed by atoms with Gasteiger partial charge in [0.15, 0.2) is 0 Å². The molecule has 0 fully saturated rings. The molecule has 1 heteroatoms. The van der Waals surface area contributed by atoms with Crippen molar-refractivity contribution in [2.75, 3.05) is 6.54 Å². The van der Waals surface area contributed by atoms with Crippen molar-refractivity contribution in [3.05, 3.63) is 48.0 Å². The lowest BCUT2D eigenvalue weighted by Gasteiger charge is -2.07. The molecule has 114 valence electrons. The highest BCUT2D eigenvalue weighted by molar-refractivity contribution is 5.82. The van der Waals surface area contributed by atoms with E-state index >= 15 is 0 Å². The summed E-state index contributed by atoms with van der Waals surface area (Å²) in [6.45, 7) is 6.74. The smallest absolute Gasteiger partial charge is 0.0205 e. The molecule has 0 atom stereocenters. The third-order valence-electron chi connectivity index (χ3n) is 4.03. The molecule has 0 aliphatic heterocycles. The van der Waals surface area contributed by atoms with Crippen LogP contribution in [-0.4, -0.2) is 6.54 Å². The third-order valence-corrected chi connectivity index (χ3v) is 4.03. The Morgan fingerprint density at radius 3 is 2.43 bits per heavy atom. The first-order valence-electron chi connectivity index (χ1n) is 8.44. The van der Waals surface area contributed by atoms with E-state index in [1.807, 2.05) is 0 Å². The molecule has 0 aliphatic rings. The average molecular weight is 283 g/mol. The minimum absolute atomic E-state index is 0.857. The fraction of sp³-hybridized carbons (Fsp3) is 0.500. The van der Waals surface area contributed by atoms with Gasteiger partial charge in [-0.25, -0.2) is 0 Å². The number of benzene rings is 2. The van der Waals surface area contributed by atoms with E-state index in [4.69, 9.17) is 0 Å². The summed E-state index contributed by atoms with van der Waals surface area (Å²) in [5.41, 5.74) is 1.38. The predicted octanol–water partition coefficient (Wildman–Crippen LogP) is 5.54. The second kappa shape index (κ2) is 8.84. The topological polar surface area (TPSA) is 12.0 Å². The molecular formula is C20H29N. The van der Waals surface area contributed by atoms with Gasteiger partial charge in [0.05, 0.1) is 0 Å². The zero-order valence-electron chi connectivity index (χ0n) is 13.6. The number of hydrogen-bond donors (Lipinski definition) is 1. The summed E-state index contributed by atoms with van der Waals surface area (Å²) < 4.78 is 0. The van der Waals surface area contributed by atoms with Gasteiger partial charge in [0.25, 0.3) is 0 Å². The Morgan fingerprint density at radius 2 is 1.62 bits per heavy atom. The summed E-state index contributed by atoms with van der Waals surface area (Å²) in [6, 6.07) is 15.3. The molecule has 0 unspecified atom stereocenters. The average Bonchev–Trinajstić information content (AvgIpc) is 2.49. The molecular weight excluding hydrogens is 254 g/mol. The Kier molecular flexibility index (Phi) is 6.75. The van der Waals surface area contributed by atoms with Gasteiger partial charge < -0.3 is 5.32 Å². The van der Waals surface area contributed by atoms with Crippen LogP contribution in [0.1, 0.15) is 51.5 Å². The quantitative estimate of drug-likeness (QED) is 0.596. The second-order valence-corrected chi connectivity index (χ2v) is 6.46. The van der Waals surface area contributed by atoms with E-state index < -0.39 is 0 Å². The molecule has 0 aliphatic carbocycles. The molecule has 0 spiro atoms. The minimum Gasteiger partial charge on any atom is -0.313 e. The summed E-state index contributed by atoms with van der Waals surface area (Å²) in [7, 11) is 0. The van der Waals surface area contributed by atoms with E-state index in [1.165, 1.54) is 48.4 Å². The van der Waals surface area contributed by atoms with Crippen LogP contribution < -0.4 is 5.32 Å². The Morgan fingerprint density at radius 1 is 0.857 bits per heavy atom. The lowest BCUT2D eigenvalue weighted by atomic mass is 10.0. The van der Waals surface area contributed by atoms with E-state index in [9.17, 15) is 0 Å². The van der Waals surface area contributed by atoms with Crippen LogP contribution in [-0.2, 0) is 6.54 Å². The van der Waals surface area contributed by atoms with Crippen LogP contribution in [0.4, 0.5) is 0 Å². The molecule has 2 rings (SSSR count). The maximum atomic E-state index is 3.57. The van der Waals surface area contributed by atoms with Crippen LogP contribution in [0.25, 0.3) is 10.8 Å². The number of unbranched alkanes of at least 4 members (excludes halogenated alkanes) is 3. The largest absolute Gasteiger partial charge is 0.313 e. The first-order valence-corrected chi connectivity index (χ1v) is 8.44. The van der Waals surface area contributed by atoms with Crippen molar-refractivity contribution in [1.82, 2.24) is 5.32 Å². The van der Waals surface area contributed by atoms with Crippen LogP contribution in [0.3, 0.4) is 0 Å². The van der Waals surface area contributed by atoms with Crippen molar-refractivity contribution in [2.24, 2.45) is 5.92 Å². The molecule has 2 aromatic rings. The summed E-state index contributed by atoms with van der Waals surface area (Å²) in [4.78, 5) is 0. The SMILES string of the molecule is CC(C)CCCCCCNCc1ccc2ccccc2c1. The lowest BCUT2D eigenvalue weighted by molar-refractivity contribution is 0.512. The summed E-state index contributed by atoms with van der Waals surface area (Å²) in [5.74, 6) is 0.857. The fourth-order valence-electron chi connectivity index (χ4n) is 2.74. The van der Waals surface area contributed by atoms with Gasteiger partial charge >= 0.3 is 0 Å². The first-order chi connectivity index (χ1) is 10.3. The van der Waals surface area contributed by atoms with Crippen molar-refractivity contribution in [3.63, 3.8) is 0 Å². The van der Waals surface area contributed by atoms with Crippen LogP contribution >= 0.6 is 0 Å². The predicted molar refractivity (Wildman–Crippen MR) is 93.6 cm³/mol. The molecule has 2 aromatic carbocycles. The molecule has 0 saturated heterocycles. The standard InChI is InChI=1S/C20H29N/c1-17(2)9-5-3-4-8-14-21-16-18-12-13-19-10-6-7-11-20(19)15-18/h6-7,10-13,15,17,21H,3-5,8-9,14,16H2,1-2H3. The van der Waals surface area contributed by atoms with Gasteiger partial charge in [-0.15, -0.1) is 0 Å². The first kappa shape index (κ1) is 16.0. The van der Waals surface area contributed by atoms with Crippen molar-refractivity contribution in [2.45, 2.75) is 52.5 Å². The third kappa shape index (κ3) is 5.89. The zero-order valence-corrected chi connectivity index (χ0v) is 13.6. The highest BCUT2D eigenvalue weighted by Gasteiger charge is 1.97. The van der Waals surface area contributed by atoms with Crippen molar-refractivity contribution < 1.29 is 0 Å². The number of hydrogen-bond acceptors (Lipinski definition) is 1. The molecule has 0 radical (unpaired) electrons. The molecule has 0 heterocycles. The van der Waals surface area contributed by atoms with E-state index in [1.54, 1.807) is 0 Å². The van der Waals surface area contributed by atoms with Crippen molar-refractivity contribution in [3.8, 4) is 0 Å². The molecule has 1 nitrogen and oxygen atoms in total. The van der Waals surface area contributed by atoms with Crippen LogP contribution in [0, 0.1) is 5.92 Å². The van der Waals surface area contributed by atoms with Crippen molar-refractivity contribution in [1.29, 1.82) is 0 Å². The number of nitrogens with one attached hydrogen (secondary N) is 1. The van der Waals surface area contributed by atoms with Crippen LogP contribution in [0.5, 0.6) is 0 Å². The van der Waals surface area contributed by atoms with Crippen LogP contribution in [0.15, 0.2) is 42.5 Å². The maximum absolute atomic E-state index is 3.57. The lowest BCUT2D eigenvalue weighted by Crippen LogP contribution is -2.14. The van der Waals surface area contributed by atoms with E-state index in [0.29, 0.717) is 0 Å². The normalized spacial score (nSPS) is 11.4. The highest BCUT2D eigenvalue weighted by atomic mass is 14.8. The molecule has 1 N–H and O–H groups in total. The van der Waals surface area contributed by atoms with Gasteiger partial charge in [0.2, 0.25) is 0 Å². The minimum atomic E-state index is 0.857. The number of rotatable bonds is 9. The molecule has 0 saturated carbocycles. The Bertz CT molecular complexity index is 530. The summed E-state index contributed by atoms with van der Waals surface area (Å²) in [6.07, 6.45) is 6.81. The van der Waals surface area contributed by atoms with Crippen molar-refractivity contribution >= 4 is 10.8 Å². The van der Waals surface area contributed by atoms with E-state index in [0.717, 1.165) is 19.0 Å². The van der Waals surface area contributed by atoms with Crippen LogP contribution in [0.2, 0.25) is 0 Å². The monoisotopic (exact) mass is 283 g/mol. The highest BCUT2D eigenvalue weighted by Crippen LogP contribution is 2.15. The van der Waals surface area contributed by atoms with E-state index in [-0.39, 0.29) is 0 Å². The fourth-order valence-corrected chi connectivity index (χ4v) is 2.74. The summed E-state index contributed by atoms with van der Waals surface area (Å²) >= 11 is 0. The second-order valence-electron chi connectivity index (χ2n) is 6.46. The molecule has 0 aromatic heterocycles. The molecule has 0 amide bonds. The number of fused-ring (bicyclic) bond motifs is 1. The van der Waals surface area contributed by atoms with Gasteiger partial charge in [-0.05, 0) is 41.3 Å². The van der Waals surface area contributed by atoms with Gasteiger partial charge in [0, 0.05) is 6.54 Å². The van der Waals surface area contributed by atoms with Gasteiger partial charge in [-0.1, -0.05) is 75.9 Å². The Balaban J connectivity index is 1.61. The van der Waals surface area contributed by atoms with Gasteiger partial charge in [-0.3, -0.25) is 0 Å². The molecule has 0 bridgehead atoms. The van der Waals surface area contributed by atoms with Gasteiger partial charge in [-0.2, -0.15) is 0 Å². The molecule has 21 heavy (non-hydrogen) atoms. The Hall–Kier alpha value is -1.34.